The molecule has 2 aliphatic carbocycles. The molecular weight excluding hydrogens is 370 g/mol. The third kappa shape index (κ3) is 4.77. The highest BCUT2D eigenvalue weighted by Gasteiger charge is 2.23. The Balaban J connectivity index is 1.57. The van der Waals surface area contributed by atoms with Crippen molar-refractivity contribution in [3.63, 3.8) is 0 Å². The summed E-state index contributed by atoms with van der Waals surface area (Å²) in [5, 5.41) is 15.6. The van der Waals surface area contributed by atoms with Crippen molar-refractivity contribution in [3.8, 4) is 0 Å². The SMILES string of the molecule is N[C@H]1CC[C@H](Nc2nc(NCCCC(=O)O)c3ncn(C4CCCC4)c3n2)CC1. The van der Waals surface area contributed by atoms with Crippen molar-refractivity contribution in [1.82, 2.24) is 19.5 Å². The minimum absolute atomic E-state index is 0.130. The average Bonchev–Trinajstić information content (AvgIpc) is 3.36. The van der Waals surface area contributed by atoms with Crippen molar-refractivity contribution in [2.75, 3.05) is 17.2 Å². The Kier molecular flexibility index (Phi) is 6.13. The number of carbonyl (C=O) groups is 1. The van der Waals surface area contributed by atoms with Crippen LogP contribution in [0.15, 0.2) is 6.33 Å². The Morgan fingerprint density at radius 3 is 2.66 bits per heavy atom. The lowest BCUT2D eigenvalue weighted by molar-refractivity contribution is -0.137. The van der Waals surface area contributed by atoms with E-state index in [1.54, 1.807) is 0 Å². The van der Waals surface area contributed by atoms with Gasteiger partial charge in [-0.05, 0) is 44.9 Å². The molecule has 9 heteroatoms. The maximum atomic E-state index is 10.8. The molecule has 9 nitrogen and oxygen atoms in total. The normalized spacial score (nSPS) is 22.8. The molecule has 2 aliphatic rings. The Morgan fingerprint density at radius 2 is 1.93 bits per heavy atom. The van der Waals surface area contributed by atoms with E-state index in [0.29, 0.717) is 42.9 Å². The number of rotatable bonds is 8. The Hall–Kier alpha value is -2.42. The molecule has 4 rings (SSSR count). The first-order valence-electron chi connectivity index (χ1n) is 10.8. The van der Waals surface area contributed by atoms with Crippen LogP contribution in [0.1, 0.15) is 70.3 Å². The van der Waals surface area contributed by atoms with E-state index in [4.69, 9.17) is 15.8 Å². The van der Waals surface area contributed by atoms with Crippen LogP contribution in [-0.4, -0.2) is 49.2 Å². The molecule has 2 aromatic heterocycles. The van der Waals surface area contributed by atoms with Crippen molar-refractivity contribution in [3.05, 3.63) is 6.33 Å². The summed E-state index contributed by atoms with van der Waals surface area (Å²) in [7, 11) is 0. The van der Waals surface area contributed by atoms with Crippen LogP contribution in [0.5, 0.6) is 0 Å². The molecule has 2 heterocycles. The van der Waals surface area contributed by atoms with Gasteiger partial charge in [-0.15, -0.1) is 0 Å². The number of nitrogens with zero attached hydrogens (tertiary/aromatic N) is 4. The lowest BCUT2D eigenvalue weighted by Crippen LogP contribution is -2.33. The molecule has 5 N–H and O–H groups in total. The van der Waals surface area contributed by atoms with E-state index in [-0.39, 0.29) is 6.42 Å². The van der Waals surface area contributed by atoms with Gasteiger partial charge >= 0.3 is 5.97 Å². The van der Waals surface area contributed by atoms with Gasteiger partial charge in [-0.1, -0.05) is 12.8 Å². The number of aromatic nitrogens is 4. The molecule has 29 heavy (non-hydrogen) atoms. The molecule has 0 radical (unpaired) electrons. The minimum Gasteiger partial charge on any atom is -0.481 e. The van der Waals surface area contributed by atoms with Crippen LogP contribution >= 0.6 is 0 Å². The number of carboxylic acids is 1. The molecule has 2 fully saturated rings. The third-order valence-corrected chi connectivity index (χ3v) is 6.10. The highest BCUT2D eigenvalue weighted by atomic mass is 16.4. The second-order valence-electron chi connectivity index (χ2n) is 8.34. The third-order valence-electron chi connectivity index (χ3n) is 6.10. The predicted molar refractivity (Wildman–Crippen MR) is 112 cm³/mol. The van der Waals surface area contributed by atoms with Gasteiger partial charge in [0.05, 0.1) is 6.33 Å². The maximum absolute atomic E-state index is 10.8. The van der Waals surface area contributed by atoms with E-state index in [9.17, 15) is 4.79 Å². The summed E-state index contributed by atoms with van der Waals surface area (Å²) in [6.45, 7) is 0.534. The van der Waals surface area contributed by atoms with E-state index in [2.05, 4.69) is 25.2 Å². The Morgan fingerprint density at radius 1 is 1.17 bits per heavy atom. The summed E-state index contributed by atoms with van der Waals surface area (Å²) in [6, 6.07) is 1.07. The van der Waals surface area contributed by atoms with Gasteiger partial charge in [0, 0.05) is 31.1 Å². The van der Waals surface area contributed by atoms with Crippen LogP contribution in [0.25, 0.3) is 11.2 Å². The monoisotopic (exact) mass is 401 g/mol. The number of aliphatic carboxylic acids is 1. The number of nitrogens with two attached hydrogens (primary N) is 1. The van der Waals surface area contributed by atoms with E-state index < -0.39 is 5.97 Å². The summed E-state index contributed by atoms with van der Waals surface area (Å²) in [6.07, 6.45) is 11.4. The molecule has 0 unspecified atom stereocenters. The smallest absolute Gasteiger partial charge is 0.303 e. The number of hydrogen-bond acceptors (Lipinski definition) is 7. The zero-order valence-corrected chi connectivity index (χ0v) is 16.8. The fraction of sp³-hybridized carbons (Fsp3) is 0.700. The van der Waals surface area contributed by atoms with E-state index in [1.165, 1.54) is 12.8 Å². The highest BCUT2D eigenvalue weighted by Crippen LogP contribution is 2.33. The summed E-state index contributed by atoms with van der Waals surface area (Å²) in [5.41, 5.74) is 7.63. The van der Waals surface area contributed by atoms with E-state index in [0.717, 1.165) is 49.7 Å². The standard InChI is InChI=1S/C20H31N7O2/c21-13-7-9-14(10-8-13)24-20-25-18(22-11-3-6-16(28)29)17-19(26-20)27(12-23-17)15-4-1-2-5-15/h12-15H,1-11,21H2,(H,28,29)(H2,22,24,25,26)/t13-,14-. The molecule has 0 aromatic carbocycles. The topological polar surface area (TPSA) is 131 Å². The van der Waals surface area contributed by atoms with Gasteiger partial charge in [0.1, 0.15) is 0 Å². The summed E-state index contributed by atoms with van der Waals surface area (Å²) >= 11 is 0. The minimum atomic E-state index is -0.789. The first-order chi connectivity index (χ1) is 14.1. The van der Waals surface area contributed by atoms with Gasteiger partial charge in [0.25, 0.3) is 0 Å². The van der Waals surface area contributed by atoms with Crippen LogP contribution < -0.4 is 16.4 Å². The first kappa shape index (κ1) is 19.9. The summed E-state index contributed by atoms with van der Waals surface area (Å²) < 4.78 is 2.19. The quantitative estimate of drug-likeness (QED) is 0.497. The van der Waals surface area contributed by atoms with Crippen LogP contribution in [0, 0.1) is 0 Å². The second kappa shape index (κ2) is 8.94. The van der Waals surface area contributed by atoms with E-state index in [1.807, 2.05) is 6.33 Å². The van der Waals surface area contributed by atoms with E-state index >= 15 is 0 Å². The fourth-order valence-electron chi connectivity index (χ4n) is 4.45. The van der Waals surface area contributed by atoms with Crippen molar-refractivity contribution in [2.24, 2.45) is 5.73 Å². The number of hydrogen-bond donors (Lipinski definition) is 4. The van der Waals surface area contributed by atoms with Gasteiger partial charge in [-0.3, -0.25) is 4.79 Å². The van der Waals surface area contributed by atoms with Gasteiger partial charge in [-0.2, -0.15) is 9.97 Å². The molecule has 2 saturated carbocycles. The molecule has 158 valence electrons. The largest absolute Gasteiger partial charge is 0.481 e. The van der Waals surface area contributed by atoms with Crippen LogP contribution in [0.2, 0.25) is 0 Å². The zero-order valence-electron chi connectivity index (χ0n) is 16.8. The second-order valence-corrected chi connectivity index (χ2v) is 8.34. The fourth-order valence-corrected chi connectivity index (χ4v) is 4.45. The molecule has 0 aliphatic heterocycles. The number of fused-ring (bicyclic) bond motifs is 1. The number of anilines is 2. The zero-order chi connectivity index (χ0) is 20.2. The van der Waals surface area contributed by atoms with Gasteiger partial charge < -0.3 is 26.0 Å². The Labute approximate surface area is 170 Å². The molecule has 0 amide bonds. The summed E-state index contributed by atoms with van der Waals surface area (Å²) in [4.78, 5) is 24.9. The Bertz CT molecular complexity index is 839. The van der Waals surface area contributed by atoms with Crippen molar-refractivity contribution < 1.29 is 9.90 Å². The van der Waals surface area contributed by atoms with Crippen molar-refractivity contribution in [2.45, 2.75) is 82.3 Å². The lowest BCUT2D eigenvalue weighted by Gasteiger charge is -2.27. The number of carboxylic acid groups (broad SMARTS) is 1. The number of nitrogens with one attached hydrogen (secondary N) is 2. The van der Waals surface area contributed by atoms with Gasteiger partial charge in [-0.25, -0.2) is 4.98 Å². The lowest BCUT2D eigenvalue weighted by atomic mass is 9.92. The molecule has 0 saturated heterocycles. The number of imidazole rings is 1. The van der Waals surface area contributed by atoms with Gasteiger partial charge in [0.2, 0.25) is 5.95 Å². The first-order valence-corrected chi connectivity index (χ1v) is 10.8. The summed E-state index contributed by atoms with van der Waals surface area (Å²) in [5.74, 6) is 0.494. The van der Waals surface area contributed by atoms with Crippen LogP contribution in [0.4, 0.5) is 11.8 Å². The van der Waals surface area contributed by atoms with Crippen LogP contribution in [-0.2, 0) is 4.79 Å². The van der Waals surface area contributed by atoms with Crippen LogP contribution in [0.3, 0.4) is 0 Å². The van der Waals surface area contributed by atoms with Crippen molar-refractivity contribution in [1.29, 1.82) is 0 Å². The molecule has 0 spiro atoms. The molecular formula is C20H31N7O2. The predicted octanol–water partition coefficient (Wildman–Crippen LogP) is 2.90. The van der Waals surface area contributed by atoms with Gasteiger partial charge in [0.15, 0.2) is 17.0 Å². The average molecular weight is 402 g/mol. The molecule has 0 atom stereocenters. The molecule has 0 bridgehead atoms. The molecule has 2 aromatic rings. The highest BCUT2D eigenvalue weighted by molar-refractivity contribution is 5.84. The van der Waals surface area contributed by atoms with Crippen molar-refractivity contribution >= 4 is 28.9 Å². The maximum Gasteiger partial charge on any atom is 0.303 e.